The summed E-state index contributed by atoms with van der Waals surface area (Å²) in [4.78, 5) is 21.8. The molecule has 0 saturated carbocycles. The lowest BCUT2D eigenvalue weighted by Crippen LogP contribution is -2.43. The zero-order valence-electron chi connectivity index (χ0n) is 9.42. The first-order chi connectivity index (χ1) is 8.11. The van der Waals surface area contributed by atoms with Crippen molar-refractivity contribution in [3.8, 4) is 0 Å². The summed E-state index contributed by atoms with van der Waals surface area (Å²) in [6, 6.07) is -0.997. The van der Waals surface area contributed by atoms with E-state index >= 15 is 0 Å². The second-order valence-electron chi connectivity index (χ2n) is 3.09. The number of nitrogens with two attached hydrogens (primary N) is 1. The van der Waals surface area contributed by atoms with E-state index in [0.29, 0.717) is 19.8 Å². The summed E-state index contributed by atoms with van der Waals surface area (Å²) >= 11 is 3.81. The van der Waals surface area contributed by atoms with Crippen LogP contribution in [0.2, 0.25) is 0 Å². The number of amides is 1. The maximum Gasteiger partial charge on any atom is 0.327 e. The van der Waals surface area contributed by atoms with E-state index in [0.717, 1.165) is 0 Å². The van der Waals surface area contributed by atoms with E-state index in [2.05, 4.69) is 17.9 Å². The number of hydrogen-bond donors (Lipinski definition) is 4. The van der Waals surface area contributed by atoms with Crippen molar-refractivity contribution in [1.82, 2.24) is 5.32 Å². The first kappa shape index (κ1) is 16.2. The van der Waals surface area contributed by atoms with Crippen LogP contribution >= 0.6 is 12.6 Å². The largest absolute Gasteiger partial charge is 0.480 e. The van der Waals surface area contributed by atoms with Crippen molar-refractivity contribution >= 4 is 24.5 Å². The Morgan fingerprint density at radius 1 is 1.29 bits per heavy atom. The number of ether oxygens (including phenoxy) is 2. The van der Waals surface area contributed by atoms with Crippen LogP contribution in [-0.4, -0.2) is 61.7 Å². The number of carbonyl (C=O) groups excluding carboxylic acids is 1. The van der Waals surface area contributed by atoms with Gasteiger partial charge in [-0.15, -0.1) is 0 Å². The van der Waals surface area contributed by atoms with Crippen molar-refractivity contribution in [3.05, 3.63) is 0 Å². The topological polar surface area (TPSA) is 111 Å². The quantitative estimate of drug-likeness (QED) is 0.282. The molecule has 1 atom stereocenters. The van der Waals surface area contributed by atoms with E-state index in [4.69, 9.17) is 20.3 Å². The van der Waals surface area contributed by atoms with Gasteiger partial charge < -0.3 is 25.6 Å². The Bertz CT molecular complexity index is 239. The Balaban J connectivity index is 3.55. The van der Waals surface area contributed by atoms with Crippen LogP contribution in [0, 0.1) is 0 Å². The fraction of sp³-hybridized carbons (Fsp3) is 0.778. The molecule has 0 heterocycles. The summed E-state index contributed by atoms with van der Waals surface area (Å²) in [6.07, 6.45) is 0. The van der Waals surface area contributed by atoms with Gasteiger partial charge >= 0.3 is 5.97 Å². The van der Waals surface area contributed by atoms with E-state index < -0.39 is 17.9 Å². The average Bonchev–Trinajstić information content (AvgIpc) is 2.30. The Labute approximate surface area is 105 Å². The minimum Gasteiger partial charge on any atom is -0.480 e. The minimum absolute atomic E-state index is 0.0285. The molecule has 7 nitrogen and oxygen atoms in total. The van der Waals surface area contributed by atoms with Crippen LogP contribution in [0.3, 0.4) is 0 Å². The molecule has 0 bridgehead atoms. The normalized spacial score (nSPS) is 12.1. The highest BCUT2D eigenvalue weighted by molar-refractivity contribution is 7.80. The summed E-state index contributed by atoms with van der Waals surface area (Å²) in [5, 5.41) is 10.9. The van der Waals surface area contributed by atoms with Crippen LogP contribution in [0.1, 0.15) is 0 Å². The number of nitrogens with one attached hydrogen (secondary N) is 1. The number of aliphatic carboxylic acids is 1. The van der Waals surface area contributed by atoms with E-state index in [-0.39, 0.29) is 19.0 Å². The third-order valence-electron chi connectivity index (χ3n) is 1.68. The molecule has 1 amide bonds. The van der Waals surface area contributed by atoms with Crippen LogP contribution in [-0.2, 0) is 19.1 Å². The molecule has 0 saturated heterocycles. The van der Waals surface area contributed by atoms with Gasteiger partial charge in [0.1, 0.15) is 12.6 Å². The van der Waals surface area contributed by atoms with Gasteiger partial charge in [0.15, 0.2) is 0 Å². The molecule has 0 aliphatic rings. The molecule has 0 aliphatic carbocycles. The number of thiol groups is 1. The lowest BCUT2D eigenvalue weighted by molar-refractivity contribution is -0.141. The van der Waals surface area contributed by atoms with E-state index in [1.165, 1.54) is 0 Å². The molecule has 8 heteroatoms. The number of hydrogen-bond acceptors (Lipinski definition) is 6. The van der Waals surface area contributed by atoms with Crippen molar-refractivity contribution in [2.45, 2.75) is 6.04 Å². The van der Waals surface area contributed by atoms with Gasteiger partial charge in [-0.3, -0.25) is 4.79 Å². The molecule has 0 aromatic heterocycles. The average molecular weight is 266 g/mol. The zero-order chi connectivity index (χ0) is 13.1. The summed E-state index contributed by atoms with van der Waals surface area (Å²) < 4.78 is 9.99. The molecular formula is C9H18N2O5S. The number of rotatable bonds is 10. The molecule has 100 valence electrons. The fourth-order valence-corrected chi connectivity index (χ4v) is 1.14. The minimum atomic E-state index is -1.13. The van der Waals surface area contributed by atoms with E-state index in [1.807, 2.05) is 0 Å². The van der Waals surface area contributed by atoms with Crippen molar-refractivity contribution in [2.75, 3.05) is 38.7 Å². The van der Waals surface area contributed by atoms with Gasteiger partial charge in [0.25, 0.3) is 0 Å². The summed E-state index contributed by atoms with van der Waals surface area (Å²) in [5.74, 6) is -1.59. The molecule has 4 N–H and O–H groups in total. The maximum atomic E-state index is 11.2. The highest BCUT2D eigenvalue weighted by Gasteiger charge is 2.17. The molecule has 0 spiro atoms. The second kappa shape index (κ2) is 10.3. The zero-order valence-corrected chi connectivity index (χ0v) is 10.3. The van der Waals surface area contributed by atoms with Gasteiger partial charge in [-0.25, -0.2) is 4.79 Å². The number of carbonyl (C=O) groups is 2. The fourth-order valence-electron chi connectivity index (χ4n) is 0.890. The lowest BCUT2D eigenvalue weighted by Gasteiger charge is -2.11. The van der Waals surface area contributed by atoms with Crippen molar-refractivity contribution in [3.63, 3.8) is 0 Å². The van der Waals surface area contributed by atoms with Gasteiger partial charge in [-0.2, -0.15) is 12.6 Å². The third kappa shape index (κ3) is 8.93. The van der Waals surface area contributed by atoms with Crippen LogP contribution in [0.15, 0.2) is 0 Å². The summed E-state index contributed by atoms with van der Waals surface area (Å²) in [6.45, 7) is 1.27. The Morgan fingerprint density at radius 3 is 2.47 bits per heavy atom. The number of carboxylic acids is 1. The van der Waals surface area contributed by atoms with Crippen LogP contribution in [0.4, 0.5) is 0 Å². The molecule has 0 aromatic rings. The van der Waals surface area contributed by atoms with Crippen LogP contribution in [0.5, 0.6) is 0 Å². The van der Waals surface area contributed by atoms with E-state index in [1.54, 1.807) is 0 Å². The Hall–Kier alpha value is -0.830. The summed E-state index contributed by atoms with van der Waals surface area (Å²) in [5.41, 5.74) is 5.20. The molecule has 0 unspecified atom stereocenters. The standard InChI is InChI=1S/C9H18N2O5S/c10-1-2-15-3-4-16-5-8(12)11-7(6-17)9(13)14/h7,17H,1-6,10H2,(H,11,12)(H,13,14)/t7-/m0/s1. The van der Waals surface area contributed by atoms with Gasteiger partial charge in [0.2, 0.25) is 5.91 Å². The van der Waals surface area contributed by atoms with E-state index in [9.17, 15) is 9.59 Å². The Morgan fingerprint density at radius 2 is 1.94 bits per heavy atom. The van der Waals surface area contributed by atoms with Crippen LogP contribution in [0.25, 0.3) is 0 Å². The molecule has 0 aliphatic heterocycles. The van der Waals surface area contributed by atoms with Crippen molar-refractivity contribution < 1.29 is 24.2 Å². The van der Waals surface area contributed by atoms with Crippen LogP contribution < -0.4 is 11.1 Å². The van der Waals surface area contributed by atoms with Gasteiger partial charge in [-0.1, -0.05) is 0 Å². The molecule has 0 fully saturated rings. The number of carboxylic acid groups (broad SMARTS) is 1. The highest BCUT2D eigenvalue weighted by Crippen LogP contribution is 1.88. The van der Waals surface area contributed by atoms with Crippen molar-refractivity contribution in [2.24, 2.45) is 5.73 Å². The predicted octanol–water partition coefficient (Wildman–Crippen LogP) is -1.52. The molecule has 0 radical (unpaired) electrons. The van der Waals surface area contributed by atoms with Gasteiger partial charge in [0, 0.05) is 12.3 Å². The highest BCUT2D eigenvalue weighted by atomic mass is 32.1. The predicted molar refractivity (Wildman–Crippen MR) is 64.1 cm³/mol. The lowest BCUT2D eigenvalue weighted by atomic mass is 10.3. The first-order valence-corrected chi connectivity index (χ1v) is 5.73. The third-order valence-corrected chi connectivity index (χ3v) is 2.05. The molecule has 0 aromatic carbocycles. The second-order valence-corrected chi connectivity index (χ2v) is 3.46. The molecule has 17 heavy (non-hydrogen) atoms. The smallest absolute Gasteiger partial charge is 0.327 e. The molecule has 0 rings (SSSR count). The first-order valence-electron chi connectivity index (χ1n) is 5.10. The summed E-state index contributed by atoms with van der Waals surface area (Å²) in [7, 11) is 0. The van der Waals surface area contributed by atoms with Gasteiger partial charge in [0.05, 0.1) is 19.8 Å². The Kier molecular flexibility index (Phi) is 9.83. The van der Waals surface area contributed by atoms with Gasteiger partial charge in [-0.05, 0) is 0 Å². The van der Waals surface area contributed by atoms with Crippen molar-refractivity contribution in [1.29, 1.82) is 0 Å². The molecular weight excluding hydrogens is 248 g/mol. The monoisotopic (exact) mass is 266 g/mol. The SMILES string of the molecule is NCCOCCOCC(=O)N[C@@H](CS)C(=O)O. The maximum absolute atomic E-state index is 11.2.